The number of sulfonamides is 1. The van der Waals surface area contributed by atoms with Crippen molar-refractivity contribution in [3.8, 4) is 0 Å². The first kappa shape index (κ1) is 22.5. The molecule has 1 atom stereocenters. The summed E-state index contributed by atoms with van der Waals surface area (Å²) in [6, 6.07) is 11.3. The van der Waals surface area contributed by atoms with Crippen molar-refractivity contribution < 1.29 is 13.2 Å². The van der Waals surface area contributed by atoms with Crippen LogP contribution in [0.1, 0.15) is 36.7 Å². The molecule has 1 aliphatic rings. The van der Waals surface area contributed by atoms with Crippen LogP contribution in [0, 0.1) is 25.7 Å². The molecule has 0 spiro atoms. The number of amides is 1. The average molecular weight is 433 g/mol. The van der Waals surface area contributed by atoms with Crippen molar-refractivity contribution in [3.05, 3.63) is 53.3 Å². The minimum absolute atomic E-state index is 0.00847. The van der Waals surface area contributed by atoms with Gasteiger partial charge >= 0.3 is 0 Å². The third-order valence-corrected chi connectivity index (χ3v) is 7.47. The molecule has 1 N–H and O–H groups in total. The number of aromatic nitrogens is 2. The SMILES string of the molecule is Cc1cc(C)n(CC(C)CNC(=O)C2CCN(S(=O)(=O)Cc3ccccc3)CC2)n1. The van der Waals surface area contributed by atoms with Crippen LogP contribution in [0.3, 0.4) is 0 Å². The zero-order valence-electron chi connectivity index (χ0n) is 18.0. The van der Waals surface area contributed by atoms with Crippen LogP contribution in [0.2, 0.25) is 0 Å². The van der Waals surface area contributed by atoms with E-state index >= 15 is 0 Å². The first-order chi connectivity index (χ1) is 14.2. The van der Waals surface area contributed by atoms with Gasteiger partial charge in [0.05, 0.1) is 11.4 Å². The van der Waals surface area contributed by atoms with Gasteiger partial charge < -0.3 is 5.32 Å². The van der Waals surface area contributed by atoms with Gasteiger partial charge in [0.25, 0.3) is 0 Å². The van der Waals surface area contributed by atoms with Crippen molar-refractivity contribution in [1.82, 2.24) is 19.4 Å². The minimum Gasteiger partial charge on any atom is -0.356 e. The smallest absolute Gasteiger partial charge is 0.223 e. The van der Waals surface area contributed by atoms with E-state index in [0.29, 0.717) is 32.5 Å². The number of hydrogen-bond donors (Lipinski definition) is 1. The molecule has 0 aliphatic carbocycles. The molecule has 30 heavy (non-hydrogen) atoms. The van der Waals surface area contributed by atoms with Crippen molar-refractivity contribution in [1.29, 1.82) is 0 Å². The van der Waals surface area contributed by atoms with Crippen LogP contribution in [0.5, 0.6) is 0 Å². The fourth-order valence-electron chi connectivity index (χ4n) is 3.91. The number of hydrogen-bond acceptors (Lipinski definition) is 4. The second kappa shape index (κ2) is 9.75. The molecule has 2 heterocycles. The quantitative estimate of drug-likeness (QED) is 0.695. The standard InChI is InChI=1S/C22H32N4O3S/c1-17(15-26-19(3)13-18(2)24-26)14-23-22(27)21-9-11-25(12-10-21)30(28,29)16-20-7-5-4-6-8-20/h4-8,13,17,21H,9-12,14-16H2,1-3H3,(H,23,27). The molecular weight excluding hydrogens is 400 g/mol. The molecule has 164 valence electrons. The molecule has 7 nitrogen and oxygen atoms in total. The number of carbonyl (C=O) groups is 1. The third-order valence-electron chi connectivity index (χ3n) is 5.62. The molecule has 0 bridgehead atoms. The number of benzene rings is 1. The van der Waals surface area contributed by atoms with E-state index in [-0.39, 0.29) is 23.5 Å². The molecule has 1 aliphatic heterocycles. The number of nitrogens with one attached hydrogen (secondary N) is 1. The van der Waals surface area contributed by atoms with E-state index in [2.05, 4.69) is 17.3 Å². The highest BCUT2D eigenvalue weighted by atomic mass is 32.2. The molecule has 0 saturated carbocycles. The topological polar surface area (TPSA) is 84.3 Å². The fraction of sp³-hybridized carbons (Fsp3) is 0.545. The van der Waals surface area contributed by atoms with E-state index in [1.807, 2.05) is 54.9 Å². The molecule has 1 saturated heterocycles. The van der Waals surface area contributed by atoms with E-state index in [4.69, 9.17) is 0 Å². The van der Waals surface area contributed by atoms with E-state index in [9.17, 15) is 13.2 Å². The Kier molecular flexibility index (Phi) is 7.31. The first-order valence-electron chi connectivity index (χ1n) is 10.5. The van der Waals surface area contributed by atoms with Crippen molar-refractivity contribution in [3.63, 3.8) is 0 Å². The van der Waals surface area contributed by atoms with Crippen molar-refractivity contribution >= 4 is 15.9 Å². The van der Waals surface area contributed by atoms with Crippen molar-refractivity contribution in [2.75, 3.05) is 19.6 Å². The predicted octanol–water partition coefficient (Wildman–Crippen LogP) is 2.49. The van der Waals surface area contributed by atoms with Gasteiger partial charge in [0.15, 0.2) is 0 Å². The third kappa shape index (κ3) is 5.92. The maximum Gasteiger partial charge on any atom is 0.223 e. The van der Waals surface area contributed by atoms with Gasteiger partial charge in [-0.25, -0.2) is 12.7 Å². The molecule has 3 rings (SSSR count). The Morgan fingerprint density at radius 1 is 1.20 bits per heavy atom. The number of nitrogens with zero attached hydrogens (tertiary/aromatic N) is 3. The molecule has 1 aromatic heterocycles. The van der Waals surface area contributed by atoms with E-state index < -0.39 is 10.0 Å². The van der Waals surface area contributed by atoms with Gasteiger partial charge in [-0.3, -0.25) is 9.48 Å². The maximum absolute atomic E-state index is 12.7. The Bertz CT molecular complexity index is 948. The summed E-state index contributed by atoms with van der Waals surface area (Å²) < 4.78 is 28.8. The highest BCUT2D eigenvalue weighted by Gasteiger charge is 2.31. The van der Waals surface area contributed by atoms with Crippen LogP contribution >= 0.6 is 0 Å². The van der Waals surface area contributed by atoms with Gasteiger partial charge in [0, 0.05) is 37.8 Å². The number of aryl methyl sites for hydroxylation is 2. The maximum atomic E-state index is 12.7. The zero-order valence-corrected chi connectivity index (χ0v) is 18.9. The normalized spacial score (nSPS) is 17.0. The van der Waals surface area contributed by atoms with E-state index in [1.165, 1.54) is 4.31 Å². The Morgan fingerprint density at radius 2 is 1.87 bits per heavy atom. The highest BCUT2D eigenvalue weighted by molar-refractivity contribution is 7.88. The average Bonchev–Trinajstić information content (AvgIpc) is 3.03. The Morgan fingerprint density at radius 3 is 2.47 bits per heavy atom. The van der Waals surface area contributed by atoms with Crippen LogP contribution in [0.25, 0.3) is 0 Å². The lowest BCUT2D eigenvalue weighted by Gasteiger charge is -2.30. The number of rotatable bonds is 8. The monoisotopic (exact) mass is 432 g/mol. The van der Waals surface area contributed by atoms with Crippen LogP contribution in [-0.2, 0) is 27.1 Å². The molecule has 0 radical (unpaired) electrons. The minimum atomic E-state index is -3.36. The molecule has 2 aromatic rings. The van der Waals surface area contributed by atoms with Gasteiger partial charge in [-0.15, -0.1) is 0 Å². The number of piperidine rings is 1. The Labute approximate surface area is 179 Å². The fourth-order valence-corrected chi connectivity index (χ4v) is 5.47. The predicted molar refractivity (Wildman–Crippen MR) is 117 cm³/mol. The van der Waals surface area contributed by atoms with Crippen LogP contribution < -0.4 is 5.32 Å². The molecule has 8 heteroatoms. The Balaban J connectivity index is 1.44. The van der Waals surface area contributed by atoms with Gasteiger partial charge in [-0.1, -0.05) is 37.3 Å². The molecular formula is C22H32N4O3S. The van der Waals surface area contributed by atoms with E-state index in [0.717, 1.165) is 23.5 Å². The second-order valence-corrected chi connectivity index (χ2v) is 10.3. The van der Waals surface area contributed by atoms with Crippen LogP contribution in [0.4, 0.5) is 0 Å². The molecule has 1 unspecified atom stereocenters. The van der Waals surface area contributed by atoms with Crippen LogP contribution in [-0.4, -0.2) is 48.0 Å². The van der Waals surface area contributed by atoms with Crippen molar-refractivity contribution in [2.24, 2.45) is 11.8 Å². The highest BCUT2D eigenvalue weighted by Crippen LogP contribution is 2.22. The summed E-state index contributed by atoms with van der Waals surface area (Å²) >= 11 is 0. The molecule has 1 amide bonds. The van der Waals surface area contributed by atoms with Gasteiger partial charge in [-0.2, -0.15) is 5.10 Å². The summed E-state index contributed by atoms with van der Waals surface area (Å²) in [7, 11) is -3.36. The summed E-state index contributed by atoms with van der Waals surface area (Å²) in [4.78, 5) is 12.6. The summed E-state index contributed by atoms with van der Waals surface area (Å²) in [5.74, 6) is 0.164. The van der Waals surface area contributed by atoms with Gasteiger partial charge in [0.1, 0.15) is 0 Å². The largest absolute Gasteiger partial charge is 0.356 e. The summed E-state index contributed by atoms with van der Waals surface area (Å²) in [5, 5.41) is 7.51. The summed E-state index contributed by atoms with van der Waals surface area (Å²) in [5.41, 5.74) is 2.90. The van der Waals surface area contributed by atoms with Gasteiger partial charge in [0.2, 0.25) is 15.9 Å². The Hall–Kier alpha value is -2.19. The summed E-state index contributed by atoms with van der Waals surface area (Å²) in [6.45, 7) is 8.24. The number of carbonyl (C=O) groups excluding carboxylic acids is 1. The first-order valence-corrected chi connectivity index (χ1v) is 12.2. The lowest BCUT2D eigenvalue weighted by Crippen LogP contribution is -2.44. The molecule has 1 aromatic carbocycles. The lowest BCUT2D eigenvalue weighted by atomic mass is 9.97. The second-order valence-electron chi connectivity index (χ2n) is 8.37. The van der Waals surface area contributed by atoms with Gasteiger partial charge in [-0.05, 0) is 44.2 Å². The molecule has 1 fully saturated rings. The summed E-state index contributed by atoms with van der Waals surface area (Å²) in [6.07, 6.45) is 1.12. The van der Waals surface area contributed by atoms with Crippen LogP contribution in [0.15, 0.2) is 36.4 Å². The lowest BCUT2D eigenvalue weighted by molar-refractivity contribution is -0.126. The van der Waals surface area contributed by atoms with E-state index in [1.54, 1.807) is 0 Å². The zero-order chi connectivity index (χ0) is 21.7. The van der Waals surface area contributed by atoms with Crippen molar-refractivity contribution in [2.45, 2.75) is 45.9 Å².